The summed E-state index contributed by atoms with van der Waals surface area (Å²) in [7, 11) is 0. The molecule has 3 rings (SSSR count). The minimum Gasteiger partial charge on any atom is -0.440 e. The van der Waals surface area contributed by atoms with Crippen molar-refractivity contribution in [1.82, 2.24) is 0 Å². The molecule has 0 spiro atoms. The largest absolute Gasteiger partial charge is 0.440 e. The van der Waals surface area contributed by atoms with Gasteiger partial charge in [0.15, 0.2) is 5.43 Å². The van der Waals surface area contributed by atoms with Gasteiger partial charge in [-0.1, -0.05) is 36.4 Å². The number of benzene rings is 2. The predicted octanol–water partition coefficient (Wildman–Crippen LogP) is 5.01. The molecule has 2 aromatic carbocycles. The summed E-state index contributed by atoms with van der Waals surface area (Å²) in [5, 5.41) is 3.82. The zero-order valence-corrected chi connectivity index (χ0v) is 14.3. The molecule has 0 amide bonds. The minimum absolute atomic E-state index is 0.00689. The zero-order chi connectivity index (χ0) is 17.6. The molecule has 0 bridgehead atoms. The molecule has 4 heteroatoms. The standard InChI is InChI=1S/C21H22FNO2/c1-15-20(24)18-7-2-3-8-19(18)25-21(15)23-14-17-11-9-16(10-12-17)6-4-5-13-22/h2-3,7-12,23H,4-6,13-14H2,1H3. The van der Waals surface area contributed by atoms with Crippen molar-refractivity contribution in [3.63, 3.8) is 0 Å². The zero-order valence-electron chi connectivity index (χ0n) is 14.3. The van der Waals surface area contributed by atoms with Crippen LogP contribution in [0.2, 0.25) is 0 Å². The first-order valence-electron chi connectivity index (χ1n) is 8.59. The fourth-order valence-electron chi connectivity index (χ4n) is 2.83. The Kier molecular flexibility index (Phi) is 5.49. The first kappa shape index (κ1) is 17.2. The van der Waals surface area contributed by atoms with Crippen LogP contribution in [0, 0.1) is 6.92 Å². The number of hydrogen-bond acceptors (Lipinski definition) is 3. The molecule has 0 aliphatic heterocycles. The molecular formula is C21H22FNO2. The molecule has 0 fully saturated rings. The van der Waals surface area contributed by atoms with E-state index in [0.717, 1.165) is 18.4 Å². The van der Waals surface area contributed by atoms with Crippen LogP contribution in [0.3, 0.4) is 0 Å². The van der Waals surface area contributed by atoms with Crippen LogP contribution in [0.15, 0.2) is 57.7 Å². The van der Waals surface area contributed by atoms with Crippen LogP contribution in [0.4, 0.5) is 10.3 Å². The van der Waals surface area contributed by atoms with E-state index in [2.05, 4.69) is 17.4 Å². The monoisotopic (exact) mass is 339 g/mol. The summed E-state index contributed by atoms with van der Waals surface area (Å²) in [6, 6.07) is 15.5. The van der Waals surface area contributed by atoms with E-state index in [1.165, 1.54) is 5.56 Å². The number of alkyl halides is 1. The summed E-state index contributed by atoms with van der Waals surface area (Å²) in [6.07, 6.45) is 2.38. The van der Waals surface area contributed by atoms with E-state index in [1.807, 2.05) is 24.3 Å². The molecular weight excluding hydrogens is 317 g/mol. The molecule has 1 heterocycles. The lowest BCUT2D eigenvalue weighted by Crippen LogP contribution is -2.10. The van der Waals surface area contributed by atoms with Crippen molar-refractivity contribution in [3.8, 4) is 0 Å². The van der Waals surface area contributed by atoms with Gasteiger partial charge in [-0.3, -0.25) is 9.18 Å². The van der Waals surface area contributed by atoms with E-state index in [-0.39, 0.29) is 12.1 Å². The van der Waals surface area contributed by atoms with Crippen molar-refractivity contribution in [2.24, 2.45) is 0 Å². The van der Waals surface area contributed by atoms with Crippen molar-refractivity contribution in [1.29, 1.82) is 0 Å². The van der Waals surface area contributed by atoms with E-state index >= 15 is 0 Å². The molecule has 0 atom stereocenters. The highest BCUT2D eigenvalue weighted by atomic mass is 19.1. The highest BCUT2D eigenvalue weighted by molar-refractivity contribution is 5.78. The van der Waals surface area contributed by atoms with Crippen LogP contribution in [0.25, 0.3) is 11.0 Å². The lowest BCUT2D eigenvalue weighted by atomic mass is 10.1. The molecule has 3 nitrogen and oxygen atoms in total. The minimum atomic E-state index is -0.252. The molecule has 0 aliphatic carbocycles. The number of para-hydroxylation sites is 1. The molecule has 25 heavy (non-hydrogen) atoms. The van der Waals surface area contributed by atoms with Crippen molar-refractivity contribution >= 4 is 16.9 Å². The van der Waals surface area contributed by atoms with Crippen molar-refractivity contribution in [3.05, 3.63) is 75.4 Å². The maximum Gasteiger partial charge on any atom is 0.200 e. The van der Waals surface area contributed by atoms with Gasteiger partial charge in [-0.2, -0.15) is 0 Å². The Labute approximate surface area is 146 Å². The maximum atomic E-state index is 12.4. The molecule has 1 N–H and O–H groups in total. The quantitative estimate of drug-likeness (QED) is 0.616. The first-order chi connectivity index (χ1) is 12.2. The number of anilines is 1. The van der Waals surface area contributed by atoms with Crippen LogP contribution >= 0.6 is 0 Å². The predicted molar refractivity (Wildman–Crippen MR) is 99.9 cm³/mol. The smallest absolute Gasteiger partial charge is 0.200 e. The molecule has 1 aromatic heterocycles. The van der Waals surface area contributed by atoms with Crippen LogP contribution in [0.5, 0.6) is 0 Å². The molecule has 0 aliphatic rings. The van der Waals surface area contributed by atoms with Crippen LogP contribution in [0.1, 0.15) is 29.5 Å². The van der Waals surface area contributed by atoms with Gasteiger partial charge < -0.3 is 9.73 Å². The van der Waals surface area contributed by atoms with Crippen molar-refractivity contribution in [2.75, 3.05) is 12.0 Å². The molecule has 0 radical (unpaired) electrons. The summed E-state index contributed by atoms with van der Waals surface area (Å²) in [5.74, 6) is 0.510. The van der Waals surface area contributed by atoms with Gasteiger partial charge in [0, 0.05) is 6.54 Å². The lowest BCUT2D eigenvalue weighted by molar-refractivity contribution is 0.462. The van der Waals surface area contributed by atoms with E-state index in [0.29, 0.717) is 35.4 Å². The maximum absolute atomic E-state index is 12.4. The molecule has 130 valence electrons. The highest BCUT2D eigenvalue weighted by Gasteiger charge is 2.10. The van der Waals surface area contributed by atoms with Gasteiger partial charge in [0.2, 0.25) is 5.88 Å². The van der Waals surface area contributed by atoms with Gasteiger partial charge >= 0.3 is 0 Å². The Morgan fingerprint density at radius 2 is 1.72 bits per heavy atom. The molecule has 3 aromatic rings. The van der Waals surface area contributed by atoms with Gasteiger partial charge in [-0.05, 0) is 49.4 Å². The molecule has 0 unspecified atom stereocenters. The third-order valence-electron chi connectivity index (χ3n) is 4.35. The summed E-state index contributed by atoms with van der Waals surface area (Å²) in [5.41, 5.74) is 3.48. The number of unbranched alkanes of at least 4 members (excludes halogenated alkanes) is 1. The van der Waals surface area contributed by atoms with Gasteiger partial charge in [-0.15, -0.1) is 0 Å². The second-order valence-corrected chi connectivity index (χ2v) is 6.20. The SMILES string of the molecule is Cc1c(NCc2ccc(CCCCF)cc2)oc2ccccc2c1=O. The van der Waals surface area contributed by atoms with E-state index in [1.54, 1.807) is 19.1 Å². The Morgan fingerprint density at radius 1 is 1.00 bits per heavy atom. The Balaban J connectivity index is 1.70. The number of halogens is 1. The van der Waals surface area contributed by atoms with Gasteiger partial charge in [0.05, 0.1) is 17.6 Å². The normalized spacial score (nSPS) is 11.0. The van der Waals surface area contributed by atoms with E-state index in [4.69, 9.17) is 4.42 Å². The molecule has 0 saturated heterocycles. The Hall–Kier alpha value is -2.62. The number of nitrogens with one attached hydrogen (secondary N) is 1. The number of hydrogen-bond donors (Lipinski definition) is 1. The van der Waals surface area contributed by atoms with Crippen molar-refractivity contribution in [2.45, 2.75) is 32.7 Å². The highest BCUT2D eigenvalue weighted by Crippen LogP contribution is 2.20. The van der Waals surface area contributed by atoms with Crippen LogP contribution in [-0.2, 0) is 13.0 Å². The fraction of sp³-hybridized carbons (Fsp3) is 0.286. The second-order valence-electron chi connectivity index (χ2n) is 6.20. The van der Waals surface area contributed by atoms with Gasteiger partial charge in [0.25, 0.3) is 0 Å². The van der Waals surface area contributed by atoms with Gasteiger partial charge in [0.1, 0.15) is 5.58 Å². The van der Waals surface area contributed by atoms with Crippen LogP contribution < -0.4 is 10.7 Å². The third-order valence-corrected chi connectivity index (χ3v) is 4.35. The number of aryl methyl sites for hydroxylation is 1. The fourth-order valence-corrected chi connectivity index (χ4v) is 2.83. The third kappa shape index (κ3) is 4.08. The Bertz CT molecular complexity index is 900. The molecule has 0 saturated carbocycles. The number of rotatable bonds is 7. The average Bonchev–Trinajstić information content (AvgIpc) is 2.65. The van der Waals surface area contributed by atoms with Gasteiger partial charge in [-0.25, -0.2) is 0 Å². The average molecular weight is 339 g/mol. The summed E-state index contributed by atoms with van der Waals surface area (Å²) >= 11 is 0. The van der Waals surface area contributed by atoms with Crippen molar-refractivity contribution < 1.29 is 8.81 Å². The lowest BCUT2D eigenvalue weighted by Gasteiger charge is -2.10. The second kappa shape index (κ2) is 7.97. The summed E-state index contributed by atoms with van der Waals surface area (Å²) < 4.78 is 18.0. The van der Waals surface area contributed by atoms with E-state index < -0.39 is 0 Å². The van der Waals surface area contributed by atoms with Crippen LogP contribution in [-0.4, -0.2) is 6.67 Å². The summed E-state index contributed by atoms with van der Waals surface area (Å²) in [6.45, 7) is 2.10. The Morgan fingerprint density at radius 3 is 2.48 bits per heavy atom. The topological polar surface area (TPSA) is 42.2 Å². The first-order valence-corrected chi connectivity index (χ1v) is 8.59. The van der Waals surface area contributed by atoms with E-state index in [9.17, 15) is 9.18 Å². The number of fused-ring (bicyclic) bond motifs is 1. The summed E-state index contributed by atoms with van der Waals surface area (Å²) in [4.78, 5) is 12.4.